The van der Waals surface area contributed by atoms with E-state index in [1.807, 2.05) is 0 Å². The molecular weight excluding hydrogens is 532 g/mol. The molecule has 0 saturated carbocycles. The van der Waals surface area contributed by atoms with Crippen LogP contribution in [0.4, 0.5) is 5.69 Å². The van der Waals surface area contributed by atoms with Crippen LogP contribution in [-0.2, 0) is 9.53 Å². The molecule has 0 radical (unpaired) electrons. The van der Waals surface area contributed by atoms with Crippen LogP contribution in [0.2, 0.25) is 0 Å². The first-order chi connectivity index (χ1) is 19.7. The highest BCUT2D eigenvalue weighted by molar-refractivity contribution is 5.95. The van der Waals surface area contributed by atoms with Crippen molar-refractivity contribution < 1.29 is 24.5 Å². The number of nitrogen functional groups attached to an aromatic ring is 1. The summed E-state index contributed by atoms with van der Waals surface area (Å²) in [7, 11) is 1.49. The zero-order valence-corrected chi connectivity index (χ0v) is 22.6. The number of ether oxygens (including phenoxy) is 2. The summed E-state index contributed by atoms with van der Waals surface area (Å²) in [4.78, 5) is 32.4. The summed E-state index contributed by atoms with van der Waals surface area (Å²) in [5.41, 5.74) is 6.85. The molecule has 2 aromatic carbocycles. The molecule has 7 N–H and O–H groups in total. The summed E-state index contributed by atoms with van der Waals surface area (Å²) in [5.74, 6) is -0.0568. The summed E-state index contributed by atoms with van der Waals surface area (Å²) in [6.45, 7) is 3.08. The van der Waals surface area contributed by atoms with Gasteiger partial charge >= 0.3 is 5.69 Å². The van der Waals surface area contributed by atoms with E-state index in [-0.39, 0.29) is 23.4 Å². The maximum Gasteiger partial charge on any atom is 0.350 e. The number of benzene rings is 2. The maximum absolute atomic E-state index is 12.6. The van der Waals surface area contributed by atoms with Crippen molar-refractivity contribution in [2.24, 2.45) is 5.73 Å². The van der Waals surface area contributed by atoms with Crippen molar-refractivity contribution in [2.75, 3.05) is 25.6 Å². The number of nitrogens with one attached hydrogen (secondary N) is 3. The van der Waals surface area contributed by atoms with Gasteiger partial charge in [-0.25, -0.2) is 14.8 Å². The molecule has 1 saturated heterocycles. The molecule has 216 valence electrons. The molecule has 1 atom stereocenters. The summed E-state index contributed by atoms with van der Waals surface area (Å²) in [6.07, 6.45) is 5.57. The third kappa shape index (κ3) is 9.18. The largest absolute Gasteiger partial charge is 0.508 e. The first kappa shape index (κ1) is 30.3. The number of rotatable bonds is 7. The number of aromatic hydroxyl groups is 1. The number of carbonyl (C=O) groups is 1. The van der Waals surface area contributed by atoms with Gasteiger partial charge in [-0.3, -0.25) is 15.2 Å². The Bertz CT molecular complexity index is 1470. The molecule has 4 aromatic rings. The highest BCUT2D eigenvalue weighted by atomic mass is 16.5. The Labute approximate surface area is 235 Å². The lowest BCUT2D eigenvalue weighted by Crippen LogP contribution is -2.18. The van der Waals surface area contributed by atoms with Gasteiger partial charge in [-0.15, -0.1) is 9.78 Å². The number of nitrogens with two attached hydrogens (primary N) is 1. The van der Waals surface area contributed by atoms with E-state index in [1.54, 1.807) is 42.5 Å². The number of nitrogens with zero attached hydrogens (tertiary/aromatic N) is 4. The molecule has 5 rings (SSSR count). The maximum atomic E-state index is 12.6. The van der Waals surface area contributed by atoms with E-state index in [1.165, 1.54) is 38.4 Å². The quantitative estimate of drug-likeness (QED) is 0.142. The van der Waals surface area contributed by atoms with Crippen LogP contribution in [0.15, 0.2) is 65.7 Å². The first-order valence-corrected chi connectivity index (χ1v) is 12.5. The van der Waals surface area contributed by atoms with E-state index >= 15 is 0 Å². The molecule has 3 heterocycles. The normalized spacial score (nSPS) is 12.6. The van der Waals surface area contributed by atoms with Crippen LogP contribution >= 0.6 is 0 Å². The van der Waals surface area contributed by atoms with Crippen LogP contribution in [0.5, 0.6) is 11.5 Å². The number of H-pyrrole nitrogens is 1. The highest BCUT2D eigenvalue weighted by Gasteiger charge is 2.22. The fourth-order valence-electron chi connectivity index (χ4n) is 3.63. The molecule has 2 aromatic heterocycles. The molecule has 0 bridgehead atoms. The SMILES string of the molecule is C1CCOC1.CC(=O)O.COc1cc(O)cc(C(Nc2ccc(C(=N)N)cc2)c2nn(-c3ncccn3)c(=O)[nH]2)c1. The van der Waals surface area contributed by atoms with E-state index in [0.29, 0.717) is 22.6 Å². The molecule has 1 aliphatic heterocycles. The van der Waals surface area contributed by atoms with Crippen LogP contribution in [0.3, 0.4) is 0 Å². The van der Waals surface area contributed by atoms with Gasteiger partial charge in [0.1, 0.15) is 23.4 Å². The topological polar surface area (TPSA) is 214 Å². The minimum absolute atomic E-state index is 0.00810. The lowest BCUT2D eigenvalue weighted by molar-refractivity contribution is -0.134. The number of carboxylic acids is 1. The van der Waals surface area contributed by atoms with Gasteiger partial charge in [-0.05, 0) is 60.9 Å². The van der Waals surface area contributed by atoms with Crippen molar-refractivity contribution in [1.29, 1.82) is 5.41 Å². The number of aliphatic carboxylic acids is 1. The Morgan fingerprint density at radius 3 is 2.34 bits per heavy atom. The standard InChI is InChI=1S/C21H20N8O3.C4H8O.C2H4O2/c1-32-16-10-13(9-15(30)11-16)17(26-14-5-3-12(4-6-14)18(22)23)19-27-21(31)29(28-19)20-24-7-2-8-25-20;1-2-4-5-3-1;1-2(3)4/h2-11,17,26,30H,1H3,(H3,22,23)(H,27,28,31);1-4H2;1H3,(H,3,4). The van der Waals surface area contributed by atoms with Gasteiger partial charge in [0.2, 0.25) is 0 Å². The third-order valence-electron chi connectivity index (χ3n) is 5.47. The van der Waals surface area contributed by atoms with Gasteiger partial charge in [0.05, 0.1) is 7.11 Å². The lowest BCUT2D eigenvalue weighted by atomic mass is 10.0. The Kier molecular flexibility index (Phi) is 10.9. The zero-order valence-electron chi connectivity index (χ0n) is 22.6. The number of carboxylic acid groups (broad SMARTS) is 1. The Morgan fingerprint density at radius 2 is 1.80 bits per heavy atom. The number of hydrogen-bond donors (Lipinski definition) is 6. The number of hydrogen-bond acceptors (Lipinski definition) is 10. The number of phenols is 1. The van der Waals surface area contributed by atoms with Crippen LogP contribution in [0, 0.1) is 5.41 Å². The van der Waals surface area contributed by atoms with Crippen molar-refractivity contribution in [3.8, 4) is 17.4 Å². The smallest absolute Gasteiger partial charge is 0.350 e. The van der Waals surface area contributed by atoms with E-state index in [9.17, 15) is 9.90 Å². The highest BCUT2D eigenvalue weighted by Crippen LogP contribution is 2.30. The van der Waals surface area contributed by atoms with Crippen molar-refractivity contribution in [3.05, 3.63) is 88.4 Å². The molecule has 1 unspecified atom stereocenters. The van der Waals surface area contributed by atoms with E-state index < -0.39 is 17.7 Å². The molecule has 14 heteroatoms. The van der Waals surface area contributed by atoms with Gasteiger partial charge in [0.25, 0.3) is 11.9 Å². The van der Waals surface area contributed by atoms with Gasteiger partial charge in [-0.2, -0.15) is 0 Å². The molecular formula is C27H32N8O6. The molecule has 1 aliphatic rings. The number of amidine groups is 1. The van der Waals surface area contributed by atoms with Crippen molar-refractivity contribution in [2.45, 2.75) is 25.8 Å². The second-order valence-electron chi connectivity index (χ2n) is 8.65. The van der Waals surface area contributed by atoms with Crippen molar-refractivity contribution in [3.63, 3.8) is 0 Å². The fourth-order valence-corrected chi connectivity index (χ4v) is 3.63. The molecule has 0 spiro atoms. The first-order valence-electron chi connectivity index (χ1n) is 12.5. The number of aromatic amines is 1. The van der Waals surface area contributed by atoms with Crippen LogP contribution in [0.1, 0.15) is 42.8 Å². The average Bonchev–Trinajstić information content (AvgIpc) is 3.65. The Morgan fingerprint density at radius 1 is 1.17 bits per heavy atom. The van der Waals surface area contributed by atoms with E-state index in [4.69, 9.17) is 30.5 Å². The minimum atomic E-state index is -0.833. The summed E-state index contributed by atoms with van der Waals surface area (Å²) < 4.78 is 11.3. The second kappa shape index (κ2) is 14.8. The third-order valence-corrected chi connectivity index (χ3v) is 5.47. The lowest BCUT2D eigenvalue weighted by Gasteiger charge is -2.19. The zero-order chi connectivity index (χ0) is 29.8. The van der Waals surface area contributed by atoms with E-state index in [0.717, 1.165) is 24.8 Å². The number of phenolic OH excluding ortho intramolecular Hbond substituents is 1. The van der Waals surface area contributed by atoms with Gasteiger partial charge in [-0.1, -0.05) is 0 Å². The van der Waals surface area contributed by atoms with Gasteiger partial charge in [0.15, 0.2) is 5.82 Å². The van der Waals surface area contributed by atoms with Gasteiger partial charge < -0.3 is 30.7 Å². The molecule has 14 nitrogen and oxygen atoms in total. The molecule has 0 amide bonds. The van der Waals surface area contributed by atoms with Gasteiger partial charge in [0, 0.05) is 49.8 Å². The number of anilines is 1. The predicted octanol–water partition coefficient (Wildman–Crippen LogP) is 2.44. The Balaban J connectivity index is 0.000000442. The summed E-state index contributed by atoms with van der Waals surface area (Å²) >= 11 is 0. The fraction of sp³-hybridized carbons (Fsp3) is 0.259. The molecule has 41 heavy (non-hydrogen) atoms. The van der Waals surface area contributed by atoms with Crippen molar-refractivity contribution >= 4 is 17.5 Å². The summed E-state index contributed by atoms with van der Waals surface area (Å²) in [6, 6.07) is 12.6. The van der Waals surface area contributed by atoms with Crippen molar-refractivity contribution in [1.82, 2.24) is 24.7 Å². The average molecular weight is 565 g/mol. The predicted molar refractivity (Wildman–Crippen MR) is 151 cm³/mol. The van der Waals surface area contributed by atoms with E-state index in [2.05, 4.69) is 25.4 Å². The summed E-state index contributed by atoms with van der Waals surface area (Å²) in [5, 5.41) is 32.8. The number of methoxy groups -OCH3 is 1. The molecule has 1 fully saturated rings. The Hall–Kier alpha value is -5.24. The monoisotopic (exact) mass is 564 g/mol. The minimum Gasteiger partial charge on any atom is -0.508 e. The molecule has 0 aliphatic carbocycles. The number of aromatic nitrogens is 5. The second-order valence-corrected chi connectivity index (χ2v) is 8.65. The van der Waals surface area contributed by atoms with Crippen LogP contribution in [-0.4, -0.2) is 67.1 Å². The van der Waals surface area contributed by atoms with Crippen LogP contribution < -0.4 is 21.5 Å². The van der Waals surface area contributed by atoms with Crippen LogP contribution in [0.25, 0.3) is 5.95 Å².